The Morgan fingerprint density at radius 3 is 2.18 bits per heavy atom. The summed E-state index contributed by atoms with van der Waals surface area (Å²) in [5.41, 5.74) is 0. The first kappa shape index (κ1) is 18.5. The van der Waals surface area contributed by atoms with Crippen molar-refractivity contribution in [3.63, 3.8) is 0 Å². The monoisotopic (exact) mass is 462 g/mol. The third kappa shape index (κ3) is 13.7. The maximum atomic E-state index is 6.01. The van der Waals surface area contributed by atoms with E-state index in [4.69, 9.17) is 7.56 Å². The summed E-state index contributed by atoms with van der Waals surface area (Å²) in [7, 11) is 0. The van der Waals surface area contributed by atoms with Crippen LogP contribution in [0.5, 0.6) is 0 Å². The molecule has 0 aromatic rings. The van der Waals surface area contributed by atoms with E-state index >= 15 is 0 Å². The molecule has 0 spiro atoms. The molecular weight excluding hydrogens is 430 g/mol. The molecule has 0 fully saturated rings. The fraction of sp³-hybridized carbons (Fsp3) is 1.00. The molecule has 5 heteroatoms. The molecule has 0 heterocycles. The molecule has 0 bridgehead atoms. The van der Waals surface area contributed by atoms with Crippen LogP contribution >= 0.6 is 0 Å². The van der Waals surface area contributed by atoms with E-state index in [0.29, 0.717) is 0 Å². The molecule has 0 saturated heterocycles. The van der Waals surface area contributed by atoms with Crippen molar-refractivity contribution < 1.29 is 7.56 Å². The second-order valence-electron chi connectivity index (χ2n) is 4.34. The van der Waals surface area contributed by atoms with Crippen molar-refractivity contribution in [3.8, 4) is 0 Å². The third-order valence-electron chi connectivity index (χ3n) is 2.57. The van der Waals surface area contributed by atoms with Crippen LogP contribution in [-0.4, -0.2) is 55.8 Å². The van der Waals surface area contributed by atoms with Gasteiger partial charge in [0.05, 0.1) is 0 Å². The van der Waals surface area contributed by atoms with Gasteiger partial charge in [-0.05, 0) is 0 Å². The Morgan fingerprint density at radius 2 is 1.53 bits per heavy atom. The Kier molecular flexibility index (Phi) is 16.9. The van der Waals surface area contributed by atoms with E-state index in [1.165, 1.54) is 43.0 Å². The minimum atomic E-state index is -2.07. The fourth-order valence-electron chi connectivity index (χ4n) is 1.37. The number of rotatable bonds is 13. The van der Waals surface area contributed by atoms with Crippen molar-refractivity contribution in [3.05, 3.63) is 0 Å². The molecule has 17 heavy (non-hydrogen) atoms. The van der Waals surface area contributed by atoms with Crippen molar-refractivity contribution in [1.82, 2.24) is 0 Å². The molecule has 0 rings (SSSR count). The van der Waals surface area contributed by atoms with Crippen LogP contribution in [0.1, 0.15) is 59.3 Å². The zero-order chi connectivity index (χ0) is 12.8. The van der Waals surface area contributed by atoms with E-state index in [0.717, 1.165) is 13.2 Å². The second kappa shape index (κ2) is 15.5. The molecule has 0 aromatic heterocycles. The van der Waals surface area contributed by atoms with Gasteiger partial charge in [-0.1, -0.05) is 0 Å². The van der Waals surface area contributed by atoms with Gasteiger partial charge in [0.1, 0.15) is 0 Å². The van der Waals surface area contributed by atoms with Gasteiger partial charge in [-0.15, -0.1) is 0 Å². The van der Waals surface area contributed by atoms with Crippen LogP contribution in [0.25, 0.3) is 0 Å². The van der Waals surface area contributed by atoms with Gasteiger partial charge in [0, 0.05) is 0 Å². The topological polar surface area (TPSA) is 27.7 Å². The summed E-state index contributed by atoms with van der Waals surface area (Å²) in [6, 6.07) is 0. The van der Waals surface area contributed by atoms with E-state index in [2.05, 4.69) is 20.8 Å². The Balaban J connectivity index is 3.53. The Hall–Kier alpha value is 1.48. The minimum absolute atomic E-state index is 0.911. The van der Waals surface area contributed by atoms with Gasteiger partial charge in [-0.2, -0.15) is 0 Å². The predicted molar refractivity (Wildman–Crippen MR) is 78.2 cm³/mol. The van der Waals surface area contributed by atoms with Crippen molar-refractivity contribution in [2.45, 2.75) is 63.7 Å². The van der Waals surface area contributed by atoms with Crippen LogP contribution in [0.15, 0.2) is 0 Å². The van der Waals surface area contributed by atoms with Crippen LogP contribution < -0.4 is 0 Å². The molecule has 0 N–H and O–H groups in total. The van der Waals surface area contributed by atoms with Gasteiger partial charge in [0.15, 0.2) is 0 Å². The molecule has 0 aromatic carbocycles. The first-order valence-electron chi connectivity index (χ1n) is 7.16. The van der Waals surface area contributed by atoms with Gasteiger partial charge in [-0.25, -0.2) is 0 Å². The molecule has 0 aliphatic carbocycles. The van der Waals surface area contributed by atoms with Gasteiger partial charge in [0.2, 0.25) is 0 Å². The molecule has 0 saturated carbocycles. The maximum absolute atomic E-state index is 6.01. The zero-order valence-corrected chi connectivity index (χ0v) is 19.2. The van der Waals surface area contributed by atoms with E-state index in [-0.39, 0.29) is 0 Å². The summed E-state index contributed by atoms with van der Waals surface area (Å²) in [6.07, 6.45) is 7.29. The van der Waals surface area contributed by atoms with Gasteiger partial charge >= 0.3 is 127 Å². The quantitative estimate of drug-likeness (QED) is 0.313. The fourth-order valence-corrected chi connectivity index (χ4v) is 17.4. The van der Waals surface area contributed by atoms with Crippen LogP contribution in [0.4, 0.5) is 0 Å². The van der Waals surface area contributed by atoms with Crippen molar-refractivity contribution in [2.75, 3.05) is 13.2 Å². The Labute approximate surface area is 126 Å². The molecule has 0 aliphatic heterocycles. The normalized spacial score (nSPS) is 13.6. The summed E-state index contributed by atoms with van der Waals surface area (Å²) >= 11 is -3.44. The summed E-state index contributed by atoms with van der Waals surface area (Å²) in [5, 5.41) is 0. The summed E-state index contributed by atoms with van der Waals surface area (Å²) in [4.78, 5) is 0. The summed E-state index contributed by atoms with van der Waals surface area (Å²) in [5.74, 6) is 0. The molecular formula is C12H30O3Sn2. The molecule has 1 unspecified atom stereocenters. The zero-order valence-electron chi connectivity index (χ0n) is 11.9. The first-order valence-corrected chi connectivity index (χ1v) is 15.5. The first-order chi connectivity index (χ1) is 8.35. The summed E-state index contributed by atoms with van der Waals surface area (Å²) in [6.45, 7) is 8.45. The van der Waals surface area contributed by atoms with Gasteiger partial charge < -0.3 is 0 Å². The van der Waals surface area contributed by atoms with Gasteiger partial charge in [0.25, 0.3) is 0 Å². The number of hydrogen-bond donors (Lipinski definition) is 0. The summed E-state index contributed by atoms with van der Waals surface area (Å²) < 4.78 is 18.8. The van der Waals surface area contributed by atoms with E-state index in [1.54, 1.807) is 0 Å². The predicted octanol–water partition coefficient (Wildman–Crippen LogP) is 2.66. The van der Waals surface area contributed by atoms with Crippen LogP contribution in [0, 0.1) is 0 Å². The average Bonchev–Trinajstić information content (AvgIpc) is 2.35. The number of hydrogen-bond acceptors (Lipinski definition) is 3. The molecule has 0 radical (unpaired) electrons. The molecule has 104 valence electrons. The van der Waals surface area contributed by atoms with E-state index in [1.807, 2.05) is 0 Å². The Morgan fingerprint density at radius 1 is 0.882 bits per heavy atom. The molecule has 3 nitrogen and oxygen atoms in total. The Bertz CT molecular complexity index is 148. The van der Waals surface area contributed by atoms with Crippen molar-refractivity contribution in [1.29, 1.82) is 0 Å². The second-order valence-corrected chi connectivity index (χ2v) is 18.6. The number of unbranched alkanes of at least 4 members (excludes halogenated alkanes) is 3. The molecule has 1 atom stereocenters. The molecule has 0 aliphatic rings. The SMILES string of the molecule is CCCC[O][SnH2][O][SnH]([CH2]CCC)[O]CCCC. The molecule has 0 amide bonds. The van der Waals surface area contributed by atoms with Crippen LogP contribution in [0.3, 0.4) is 0 Å². The van der Waals surface area contributed by atoms with E-state index in [9.17, 15) is 0 Å². The average molecular weight is 460 g/mol. The van der Waals surface area contributed by atoms with Crippen LogP contribution in [-0.2, 0) is 7.56 Å². The standard InChI is InChI=1S/2C4H9O.C4H9.O.2Sn.3H/c2*1-2-3-4-5;1-3-4-2;;;;;;/h2*2-4H2,1H3;1,3-4H2,2H3;;;;;;/q2*-1;;;2*+1;;;. The third-order valence-corrected chi connectivity index (χ3v) is 19.3. The van der Waals surface area contributed by atoms with E-state index < -0.39 is 42.6 Å². The van der Waals surface area contributed by atoms with Gasteiger partial charge in [-0.3, -0.25) is 0 Å². The van der Waals surface area contributed by atoms with Crippen molar-refractivity contribution >= 4 is 42.6 Å². The van der Waals surface area contributed by atoms with Crippen molar-refractivity contribution in [2.24, 2.45) is 0 Å². The van der Waals surface area contributed by atoms with Crippen LogP contribution in [0.2, 0.25) is 4.44 Å².